The molecule has 0 aromatic heterocycles. The van der Waals surface area contributed by atoms with Gasteiger partial charge >= 0.3 is 0 Å². The first-order chi connectivity index (χ1) is 19.8. The zero-order valence-corrected chi connectivity index (χ0v) is 25.1. The zero-order valence-electron chi connectivity index (χ0n) is 25.1. The molecule has 41 heavy (non-hydrogen) atoms. The number of fused-ring (bicyclic) bond motifs is 1. The van der Waals surface area contributed by atoms with Gasteiger partial charge in [-0.2, -0.15) is 0 Å². The Hall–Kier alpha value is -2.27. The Balaban J connectivity index is 1.69. The smallest absolute Gasteiger partial charge is 0.248 e. The fraction of sp³-hybridized carbons (Fsp3) is 0.774. The summed E-state index contributed by atoms with van der Waals surface area (Å²) >= 11 is 0. The number of hydrogen-bond acceptors (Lipinski definition) is 7. The van der Waals surface area contributed by atoms with Crippen molar-refractivity contribution in [3.63, 3.8) is 0 Å². The highest BCUT2D eigenvalue weighted by atomic mass is 16.5. The third-order valence-corrected chi connectivity index (χ3v) is 9.59. The Bertz CT molecular complexity index is 970. The van der Waals surface area contributed by atoms with E-state index in [-0.39, 0.29) is 24.3 Å². The van der Waals surface area contributed by atoms with Crippen LogP contribution in [0.25, 0.3) is 0 Å². The van der Waals surface area contributed by atoms with Crippen LogP contribution in [-0.4, -0.2) is 132 Å². The Morgan fingerprint density at radius 3 is 2.32 bits per heavy atom. The number of aliphatic hydroxyl groups excluding tert-OH is 1. The molecule has 0 saturated carbocycles. The topological polar surface area (TPSA) is 103 Å². The number of hydrogen-bond donors (Lipinski definition) is 1. The molecule has 0 aromatic rings. The van der Waals surface area contributed by atoms with Gasteiger partial charge in [0.1, 0.15) is 11.6 Å². The molecule has 4 heterocycles. The molecule has 4 rings (SSSR count). The normalized spacial score (nSPS) is 30.9. The van der Waals surface area contributed by atoms with Gasteiger partial charge in [-0.3, -0.25) is 19.3 Å². The minimum atomic E-state index is -1.05. The highest BCUT2D eigenvalue weighted by Gasteiger charge is 2.78. The summed E-state index contributed by atoms with van der Waals surface area (Å²) in [4.78, 5) is 50.6. The van der Waals surface area contributed by atoms with Crippen molar-refractivity contribution in [2.24, 2.45) is 11.8 Å². The number of ether oxygens (including phenoxy) is 2. The van der Waals surface area contributed by atoms with Crippen LogP contribution in [0.1, 0.15) is 52.4 Å². The Kier molecular flexibility index (Phi) is 10.7. The van der Waals surface area contributed by atoms with E-state index in [1.807, 2.05) is 13.8 Å². The fourth-order valence-corrected chi connectivity index (χ4v) is 7.63. The molecule has 230 valence electrons. The van der Waals surface area contributed by atoms with Gasteiger partial charge in [-0.1, -0.05) is 26.0 Å². The first kappa shape index (κ1) is 31.7. The third kappa shape index (κ3) is 5.85. The van der Waals surface area contributed by atoms with E-state index in [0.29, 0.717) is 84.6 Å². The van der Waals surface area contributed by atoms with Crippen LogP contribution < -0.4 is 0 Å². The molecule has 2 unspecified atom stereocenters. The molecule has 10 nitrogen and oxygen atoms in total. The van der Waals surface area contributed by atoms with Gasteiger partial charge in [-0.05, 0) is 38.5 Å². The monoisotopic (exact) mass is 574 g/mol. The Morgan fingerprint density at radius 2 is 1.71 bits per heavy atom. The first-order valence-electron chi connectivity index (χ1n) is 15.5. The maximum Gasteiger partial charge on any atom is 0.248 e. The summed E-state index contributed by atoms with van der Waals surface area (Å²) in [6.45, 7) is 17.7. The lowest BCUT2D eigenvalue weighted by molar-refractivity contribution is -0.155. The second kappa shape index (κ2) is 13.8. The maximum absolute atomic E-state index is 14.5. The molecule has 0 radical (unpaired) electrons. The van der Waals surface area contributed by atoms with Crippen molar-refractivity contribution in [1.82, 2.24) is 19.6 Å². The molecule has 4 aliphatic heterocycles. The lowest BCUT2D eigenvalue weighted by atomic mass is 9.64. The van der Waals surface area contributed by atoms with Gasteiger partial charge < -0.3 is 29.3 Å². The van der Waals surface area contributed by atoms with Gasteiger partial charge in [0.05, 0.1) is 30.7 Å². The summed E-state index contributed by atoms with van der Waals surface area (Å²) in [5.41, 5.74) is -1.81. The molecule has 0 aliphatic carbocycles. The van der Waals surface area contributed by atoms with E-state index in [1.165, 1.54) is 0 Å². The lowest BCUT2D eigenvalue weighted by Crippen LogP contribution is -2.57. The van der Waals surface area contributed by atoms with Gasteiger partial charge in [0.2, 0.25) is 17.7 Å². The summed E-state index contributed by atoms with van der Waals surface area (Å²) in [6, 6.07) is -0.811. The summed E-state index contributed by atoms with van der Waals surface area (Å²) in [7, 11) is 0. The summed E-state index contributed by atoms with van der Waals surface area (Å²) in [6.07, 6.45) is 7.15. The number of carbonyl (C=O) groups excluding carboxylic acids is 3. The Labute approximate surface area is 245 Å². The highest BCUT2D eigenvalue weighted by molar-refractivity contribution is 5.99. The van der Waals surface area contributed by atoms with Crippen molar-refractivity contribution in [2.75, 3.05) is 72.2 Å². The number of nitrogens with zero attached hydrogens (tertiary/aromatic N) is 4. The highest BCUT2D eigenvalue weighted by Crippen LogP contribution is 2.64. The number of unbranched alkanes of at least 4 members (excludes halogenated alkanes) is 1. The first-order valence-corrected chi connectivity index (χ1v) is 15.5. The van der Waals surface area contributed by atoms with E-state index in [2.05, 4.69) is 18.1 Å². The van der Waals surface area contributed by atoms with Crippen molar-refractivity contribution in [3.8, 4) is 0 Å². The largest absolute Gasteiger partial charge is 0.396 e. The Morgan fingerprint density at radius 1 is 1.02 bits per heavy atom. The number of rotatable bonds is 16. The molecule has 4 saturated heterocycles. The van der Waals surface area contributed by atoms with Crippen LogP contribution >= 0.6 is 0 Å². The molecule has 1 spiro atoms. The van der Waals surface area contributed by atoms with Gasteiger partial charge in [0, 0.05) is 59.0 Å². The minimum absolute atomic E-state index is 0.0153. The van der Waals surface area contributed by atoms with Crippen molar-refractivity contribution < 1.29 is 29.0 Å². The fourth-order valence-electron chi connectivity index (χ4n) is 7.63. The average Bonchev–Trinajstić information content (AvgIpc) is 3.59. The number of likely N-dealkylation sites (tertiary alicyclic amines) is 1. The summed E-state index contributed by atoms with van der Waals surface area (Å²) in [5.74, 6) is -1.74. The van der Waals surface area contributed by atoms with Gasteiger partial charge in [0.25, 0.3) is 0 Å². The van der Waals surface area contributed by atoms with E-state index in [1.54, 1.807) is 26.9 Å². The minimum Gasteiger partial charge on any atom is -0.396 e. The number of amides is 3. The molecule has 0 aromatic carbocycles. The van der Waals surface area contributed by atoms with Crippen molar-refractivity contribution in [2.45, 2.75) is 69.6 Å². The van der Waals surface area contributed by atoms with Gasteiger partial charge in [-0.25, -0.2) is 0 Å². The third-order valence-electron chi connectivity index (χ3n) is 9.59. The standard InChI is InChI=1S/C31H50N4O6/c1-5-13-33(14-6-2)27(37)24-25-28(38)35(16-9-10-21-36)26(31(25)12-11-30(24,8-4)41-31)29(39)34(15-7-3)18-17-32-19-22-40-23-20-32/h5,7,24-26,36H,1,3,6,8-23H2,2,4H3/t24-,25-,26?,30+,31?/m0/s1. The van der Waals surface area contributed by atoms with Gasteiger partial charge in [0.15, 0.2) is 0 Å². The molecular weight excluding hydrogens is 524 g/mol. The van der Waals surface area contributed by atoms with Crippen molar-refractivity contribution in [3.05, 3.63) is 25.3 Å². The van der Waals surface area contributed by atoms with E-state index in [0.717, 1.165) is 19.5 Å². The van der Waals surface area contributed by atoms with Crippen molar-refractivity contribution >= 4 is 17.7 Å². The molecule has 4 fully saturated rings. The van der Waals surface area contributed by atoms with Crippen LogP contribution in [0.4, 0.5) is 0 Å². The van der Waals surface area contributed by atoms with E-state index in [4.69, 9.17) is 9.47 Å². The molecule has 4 aliphatic rings. The van der Waals surface area contributed by atoms with Crippen LogP contribution in [0.15, 0.2) is 25.3 Å². The maximum atomic E-state index is 14.5. The molecule has 5 atom stereocenters. The molecule has 10 heteroatoms. The van der Waals surface area contributed by atoms with Crippen molar-refractivity contribution in [1.29, 1.82) is 0 Å². The number of carbonyl (C=O) groups is 3. The second-order valence-corrected chi connectivity index (χ2v) is 11.9. The SMILES string of the molecule is C=CCN(CCN1CCOCC1)C(=O)C1N(CCCCO)C(=O)[C@@H]2[C@@H](C(=O)N(CC=C)CCC)[C@@]3(CC)CCC12O3. The quantitative estimate of drug-likeness (QED) is 0.221. The molecule has 3 amide bonds. The summed E-state index contributed by atoms with van der Waals surface area (Å²) < 4.78 is 12.4. The van der Waals surface area contributed by atoms with E-state index in [9.17, 15) is 19.5 Å². The second-order valence-electron chi connectivity index (χ2n) is 11.9. The average molecular weight is 575 g/mol. The van der Waals surface area contributed by atoms with Crippen LogP contribution in [0, 0.1) is 11.8 Å². The predicted molar refractivity (Wildman–Crippen MR) is 156 cm³/mol. The van der Waals surface area contributed by atoms with Crippen LogP contribution in [0.5, 0.6) is 0 Å². The molecular formula is C31H50N4O6. The van der Waals surface area contributed by atoms with Crippen LogP contribution in [0.2, 0.25) is 0 Å². The predicted octanol–water partition coefficient (Wildman–Crippen LogP) is 1.69. The lowest BCUT2D eigenvalue weighted by Gasteiger charge is -2.37. The number of morpholine rings is 1. The molecule has 2 bridgehead atoms. The van der Waals surface area contributed by atoms with Gasteiger partial charge in [-0.15, -0.1) is 13.2 Å². The number of aliphatic hydroxyl groups is 1. The summed E-state index contributed by atoms with van der Waals surface area (Å²) in [5, 5.41) is 9.45. The van der Waals surface area contributed by atoms with E-state index >= 15 is 0 Å². The van der Waals surface area contributed by atoms with Crippen LogP contribution in [0.3, 0.4) is 0 Å². The zero-order chi connectivity index (χ0) is 29.6. The van der Waals surface area contributed by atoms with Crippen LogP contribution in [-0.2, 0) is 23.9 Å². The van der Waals surface area contributed by atoms with E-state index < -0.39 is 29.1 Å². The molecule has 1 N–H and O–H groups in total.